The molecule has 2 aromatic heterocycles. The Labute approximate surface area is 480 Å². The average molecular weight is 1200 g/mol. The Bertz CT molecular complexity index is 4110. The van der Waals surface area contributed by atoms with E-state index in [1.807, 2.05) is 61.1 Å². The van der Waals surface area contributed by atoms with Gasteiger partial charge < -0.3 is 19.7 Å². The SMILES string of the molecule is [Ir+3].[c-]1cc(-c2ccccc2-c2cc(-c3ccccc3-c3c[c-]c(-c4ccccn4)cc3)cc(-c3ccccc3-c3c[c-]c(-c4ccccn4)cc3)c2)c(-c2ccc(-c3ccccc3)cc2)cc1C1=NC=CC2c3ccccc3OC12. The van der Waals surface area contributed by atoms with Crippen LogP contribution in [0.2, 0.25) is 0 Å². The number of hydrogen-bond acceptors (Lipinski definition) is 4. The van der Waals surface area contributed by atoms with Gasteiger partial charge in [0.15, 0.2) is 0 Å². The van der Waals surface area contributed by atoms with Crippen molar-refractivity contribution in [2.24, 2.45) is 4.99 Å². The fourth-order valence-corrected chi connectivity index (χ4v) is 11.3. The molecule has 0 saturated heterocycles. The van der Waals surface area contributed by atoms with Gasteiger partial charge in [-0.05, 0) is 97.9 Å². The molecule has 10 aromatic carbocycles. The molecule has 0 N–H and O–H groups in total. The summed E-state index contributed by atoms with van der Waals surface area (Å²) in [6.45, 7) is 0. The van der Waals surface area contributed by atoms with E-state index < -0.39 is 0 Å². The fourth-order valence-electron chi connectivity index (χ4n) is 11.3. The van der Waals surface area contributed by atoms with E-state index in [1.165, 1.54) is 11.1 Å². The Hall–Kier alpha value is -9.64. The molecule has 5 heteroatoms. The molecule has 0 saturated carbocycles. The molecular weight excluding hydrogens is 1150 g/mol. The van der Waals surface area contributed by atoms with Crippen LogP contribution in [0.15, 0.2) is 284 Å². The second-order valence-electron chi connectivity index (χ2n) is 19.9. The fraction of sp³-hybridized carbons (Fsp3) is 0.0267. The van der Waals surface area contributed by atoms with Crippen molar-refractivity contribution >= 4 is 5.71 Å². The van der Waals surface area contributed by atoms with Crippen molar-refractivity contribution < 1.29 is 24.8 Å². The number of benzene rings is 10. The van der Waals surface area contributed by atoms with Gasteiger partial charge in [0.05, 0.1) is 0 Å². The first-order valence-electron chi connectivity index (χ1n) is 26.7. The molecule has 2 aliphatic rings. The molecule has 4 nitrogen and oxygen atoms in total. The van der Waals surface area contributed by atoms with E-state index in [9.17, 15) is 0 Å². The average Bonchev–Trinajstić information content (AvgIpc) is 4.01. The van der Waals surface area contributed by atoms with Gasteiger partial charge in [0, 0.05) is 35.8 Å². The minimum Gasteiger partial charge on any atom is -0.492 e. The zero-order valence-corrected chi connectivity index (χ0v) is 45.7. The first kappa shape index (κ1) is 49.9. The van der Waals surface area contributed by atoms with Crippen LogP contribution in [0.5, 0.6) is 5.75 Å². The Balaban J connectivity index is 0.00000605. The first-order valence-corrected chi connectivity index (χ1v) is 26.7. The summed E-state index contributed by atoms with van der Waals surface area (Å²) >= 11 is 0. The number of rotatable bonds is 11. The van der Waals surface area contributed by atoms with Crippen molar-refractivity contribution in [2.75, 3.05) is 0 Å². The number of para-hydroxylation sites is 1. The number of hydrogen-bond donors (Lipinski definition) is 0. The van der Waals surface area contributed by atoms with E-state index in [2.05, 4.69) is 247 Å². The van der Waals surface area contributed by atoms with Gasteiger partial charge in [-0.15, -0.1) is 83.4 Å². The van der Waals surface area contributed by atoms with Gasteiger partial charge in [-0.1, -0.05) is 215 Å². The summed E-state index contributed by atoms with van der Waals surface area (Å²) in [4.78, 5) is 14.2. The zero-order valence-electron chi connectivity index (χ0n) is 43.3. The summed E-state index contributed by atoms with van der Waals surface area (Å²) in [7, 11) is 0. The van der Waals surface area contributed by atoms with E-state index >= 15 is 0 Å². The van der Waals surface area contributed by atoms with Crippen LogP contribution in [0, 0.1) is 18.2 Å². The van der Waals surface area contributed by atoms with Crippen LogP contribution in [-0.4, -0.2) is 21.8 Å². The summed E-state index contributed by atoms with van der Waals surface area (Å²) in [5.74, 6) is 0.968. The Morgan fingerprint density at radius 1 is 0.338 bits per heavy atom. The van der Waals surface area contributed by atoms with Crippen LogP contribution < -0.4 is 4.74 Å². The number of aliphatic imine (C=N–C) groups is 1. The summed E-state index contributed by atoms with van der Waals surface area (Å²) in [6.07, 6.45) is 7.47. The third-order valence-corrected chi connectivity index (χ3v) is 15.2. The molecule has 80 heavy (non-hydrogen) atoms. The van der Waals surface area contributed by atoms with E-state index in [0.717, 1.165) is 123 Å². The second kappa shape index (κ2) is 22.0. The van der Waals surface area contributed by atoms with Gasteiger partial charge in [-0.25, -0.2) is 0 Å². The van der Waals surface area contributed by atoms with E-state index in [4.69, 9.17) is 9.73 Å². The monoisotopic (exact) mass is 1200 g/mol. The van der Waals surface area contributed by atoms with Crippen molar-refractivity contribution in [2.45, 2.75) is 12.0 Å². The number of aromatic nitrogens is 2. The van der Waals surface area contributed by atoms with E-state index in [0.29, 0.717) is 0 Å². The first-order chi connectivity index (χ1) is 39.2. The van der Waals surface area contributed by atoms with Gasteiger partial charge in [-0.2, -0.15) is 0 Å². The van der Waals surface area contributed by atoms with Gasteiger partial charge in [0.1, 0.15) is 11.9 Å². The summed E-state index contributed by atoms with van der Waals surface area (Å²) in [5.41, 5.74) is 24.2. The van der Waals surface area contributed by atoms with Crippen LogP contribution in [-0.2, 0) is 20.1 Å². The van der Waals surface area contributed by atoms with Gasteiger partial charge in [0.25, 0.3) is 0 Å². The van der Waals surface area contributed by atoms with Crippen molar-refractivity contribution in [3.05, 3.63) is 309 Å². The molecule has 0 spiro atoms. The van der Waals surface area contributed by atoms with Crippen LogP contribution in [0.25, 0.3) is 112 Å². The predicted octanol–water partition coefficient (Wildman–Crippen LogP) is 18.4. The number of pyridine rings is 2. The van der Waals surface area contributed by atoms with Crippen molar-refractivity contribution in [3.8, 4) is 117 Å². The molecule has 0 aliphatic carbocycles. The Kier molecular flexibility index (Phi) is 13.7. The quantitative estimate of drug-likeness (QED) is 0.121. The Morgan fingerprint density at radius 3 is 1.35 bits per heavy atom. The largest absolute Gasteiger partial charge is 3.00 e. The number of ether oxygens (including phenoxy) is 1. The molecule has 0 bridgehead atoms. The number of fused-ring (bicyclic) bond motifs is 3. The molecule has 12 aromatic rings. The van der Waals surface area contributed by atoms with Crippen LogP contribution in [0.3, 0.4) is 0 Å². The third-order valence-electron chi connectivity index (χ3n) is 15.2. The van der Waals surface area contributed by atoms with E-state index in [-0.39, 0.29) is 32.1 Å². The maximum absolute atomic E-state index is 6.69. The van der Waals surface area contributed by atoms with Gasteiger partial charge >= 0.3 is 20.1 Å². The van der Waals surface area contributed by atoms with Gasteiger partial charge in [-0.3, -0.25) is 0 Å². The minimum atomic E-state index is -0.259. The number of nitrogens with zero attached hydrogens (tertiary/aromatic N) is 3. The molecule has 0 radical (unpaired) electrons. The molecule has 0 amide bonds. The van der Waals surface area contributed by atoms with Gasteiger partial charge in [0.2, 0.25) is 0 Å². The molecule has 4 heterocycles. The molecule has 14 rings (SSSR count). The molecular formula is C75H48IrN3O. The molecule has 2 aliphatic heterocycles. The summed E-state index contributed by atoms with van der Waals surface area (Å²) in [6, 6.07) is 101. The molecule has 2 atom stereocenters. The maximum Gasteiger partial charge on any atom is 3.00 e. The smallest absolute Gasteiger partial charge is 0.492 e. The Morgan fingerprint density at radius 2 is 0.800 bits per heavy atom. The summed E-state index contributed by atoms with van der Waals surface area (Å²) < 4.78 is 6.69. The normalized spacial score (nSPS) is 14.0. The standard InChI is InChI=1S/C75H48N3O.Ir/c1-2-16-50(17-3-1)51-28-30-54(31-29-51)70-49-57(74-75-69(42-45-78-74)68-24-10-11-27-73(68)79-75)40-41-67(70)66-23-9-8-22-65(66)60-47-58(63-20-6-4-18-61(63)52-32-36-55(37-33-52)71-25-12-14-43-76-71)46-59(48-60)64-21-7-5-19-62(64)53-34-38-56(39-35-53)72-26-13-15-44-77-72;/h1-36,38,41-49,69,75H;/q-3;+3. The van der Waals surface area contributed by atoms with Crippen molar-refractivity contribution in [1.82, 2.24) is 9.97 Å². The minimum absolute atomic E-state index is 0. The van der Waals surface area contributed by atoms with Crippen molar-refractivity contribution in [3.63, 3.8) is 0 Å². The maximum atomic E-state index is 6.69. The molecule has 2 unspecified atom stereocenters. The van der Waals surface area contributed by atoms with Crippen molar-refractivity contribution in [1.29, 1.82) is 0 Å². The third kappa shape index (κ3) is 9.64. The topological polar surface area (TPSA) is 47.4 Å². The molecule has 378 valence electrons. The van der Waals surface area contributed by atoms with Crippen LogP contribution in [0.1, 0.15) is 17.0 Å². The predicted molar refractivity (Wildman–Crippen MR) is 322 cm³/mol. The molecule has 0 fully saturated rings. The van der Waals surface area contributed by atoms with Crippen LogP contribution in [0.4, 0.5) is 0 Å². The van der Waals surface area contributed by atoms with E-state index in [1.54, 1.807) is 0 Å². The van der Waals surface area contributed by atoms with Crippen LogP contribution >= 0.6 is 0 Å². The second-order valence-corrected chi connectivity index (χ2v) is 19.9. The zero-order chi connectivity index (χ0) is 52.5. The summed E-state index contributed by atoms with van der Waals surface area (Å²) in [5, 5.41) is 0.